The Labute approximate surface area is 128 Å². The Morgan fingerprint density at radius 1 is 1.38 bits per heavy atom. The van der Waals surface area contributed by atoms with Gasteiger partial charge >= 0.3 is 5.97 Å². The molecule has 1 aliphatic carbocycles. The standard InChI is InChI=1S/C16H31NO4/c1-11(2)15(16(19)20-4)17-9-13(18)10-21-14-7-5-6-12(3)8-14/h11-15,17-18H,5-10H2,1-4H3. The summed E-state index contributed by atoms with van der Waals surface area (Å²) in [7, 11) is 1.38. The van der Waals surface area contributed by atoms with Crippen molar-refractivity contribution in [2.75, 3.05) is 20.3 Å². The molecule has 0 radical (unpaired) electrons. The number of rotatable bonds is 8. The van der Waals surface area contributed by atoms with Gasteiger partial charge in [0.05, 0.1) is 25.9 Å². The van der Waals surface area contributed by atoms with Crippen molar-refractivity contribution in [1.82, 2.24) is 5.32 Å². The van der Waals surface area contributed by atoms with Gasteiger partial charge in [-0.2, -0.15) is 0 Å². The zero-order valence-electron chi connectivity index (χ0n) is 13.8. The summed E-state index contributed by atoms with van der Waals surface area (Å²) in [5, 5.41) is 13.1. The van der Waals surface area contributed by atoms with Gasteiger partial charge in [0.25, 0.3) is 0 Å². The molecule has 124 valence electrons. The van der Waals surface area contributed by atoms with Crippen LogP contribution in [-0.4, -0.2) is 49.6 Å². The maximum Gasteiger partial charge on any atom is 0.323 e. The lowest BCUT2D eigenvalue weighted by Crippen LogP contribution is -2.46. The minimum absolute atomic E-state index is 0.116. The highest BCUT2D eigenvalue weighted by Crippen LogP contribution is 2.25. The highest BCUT2D eigenvalue weighted by Gasteiger charge is 2.24. The Morgan fingerprint density at radius 2 is 2.10 bits per heavy atom. The molecule has 4 unspecified atom stereocenters. The zero-order chi connectivity index (χ0) is 15.8. The number of nitrogens with one attached hydrogen (secondary N) is 1. The van der Waals surface area contributed by atoms with Gasteiger partial charge in [0.1, 0.15) is 6.04 Å². The zero-order valence-corrected chi connectivity index (χ0v) is 13.8. The molecule has 21 heavy (non-hydrogen) atoms. The molecular formula is C16H31NO4. The van der Waals surface area contributed by atoms with Crippen molar-refractivity contribution in [3.05, 3.63) is 0 Å². The largest absolute Gasteiger partial charge is 0.468 e. The second kappa shape index (κ2) is 9.38. The van der Waals surface area contributed by atoms with Crippen molar-refractivity contribution in [1.29, 1.82) is 0 Å². The Bertz CT molecular complexity index is 309. The van der Waals surface area contributed by atoms with Crippen LogP contribution < -0.4 is 5.32 Å². The van der Waals surface area contributed by atoms with Crippen LogP contribution in [0.3, 0.4) is 0 Å². The molecule has 0 heterocycles. The molecule has 0 aromatic rings. The molecule has 0 saturated heterocycles. The third kappa shape index (κ3) is 6.76. The molecule has 2 N–H and O–H groups in total. The minimum Gasteiger partial charge on any atom is -0.468 e. The number of hydrogen-bond acceptors (Lipinski definition) is 5. The number of carbonyl (C=O) groups is 1. The molecule has 0 aliphatic heterocycles. The molecule has 0 spiro atoms. The van der Waals surface area contributed by atoms with Crippen molar-refractivity contribution in [2.45, 2.75) is 64.7 Å². The summed E-state index contributed by atoms with van der Waals surface area (Å²) in [6.07, 6.45) is 4.31. The van der Waals surface area contributed by atoms with E-state index in [2.05, 4.69) is 12.2 Å². The summed E-state index contributed by atoms with van der Waals surface area (Å²) in [4.78, 5) is 11.6. The topological polar surface area (TPSA) is 67.8 Å². The molecule has 0 bridgehead atoms. The first kappa shape index (κ1) is 18.4. The van der Waals surface area contributed by atoms with E-state index >= 15 is 0 Å². The highest BCUT2D eigenvalue weighted by atomic mass is 16.5. The number of aliphatic hydroxyl groups is 1. The molecule has 0 amide bonds. The third-order valence-electron chi connectivity index (χ3n) is 4.11. The number of hydrogen-bond donors (Lipinski definition) is 2. The van der Waals surface area contributed by atoms with Crippen molar-refractivity contribution < 1.29 is 19.4 Å². The first-order chi connectivity index (χ1) is 9.93. The molecule has 1 aliphatic rings. The van der Waals surface area contributed by atoms with E-state index in [4.69, 9.17) is 9.47 Å². The van der Waals surface area contributed by atoms with Gasteiger partial charge in [-0.05, 0) is 24.7 Å². The van der Waals surface area contributed by atoms with Crippen LogP contribution >= 0.6 is 0 Å². The van der Waals surface area contributed by atoms with Crippen molar-refractivity contribution in [2.24, 2.45) is 11.8 Å². The average molecular weight is 301 g/mol. The molecule has 0 aromatic carbocycles. The molecule has 1 saturated carbocycles. The van der Waals surface area contributed by atoms with E-state index in [1.54, 1.807) is 0 Å². The van der Waals surface area contributed by atoms with Crippen LogP contribution in [0.1, 0.15) is 46.5 Å². The fraction of sp³-hybridized carbons (Fsp3) is 0.938. The summed E-state index contributed by atoms with van der Waals surface area (Å²) in [6, 6.07) is -0.389. The fourth-order valence-corrected chi connectivity index (χ4v) is 2.82. The van der Waals surface area contributed by atoms with Gasteiger partial charge in [0.2, 0.25) is 0 Å². The third-order valence-corrected chi connectivity index (χ3v) is 4.11. The average Bonchev–Trinajstić information content (AvgIpc) is 2.44. The number of carbonyl (C=O) groups excluding carboxylic acids is 1. The smallest absolute Gasteiger partial charge is 0.323 e. The number of methoxy groups -OCH3 is 1. The molecule has 0 aromatic heterocycles. The lowest BCUT2D eigenvalue weighted by Gasteiger charge is -2.28. The Balaban J connectivity index is 2.26. The predicted molar refractivity (Wildman–Crippen MR) is 82.0 cm³/mol. The van der Waals surface area contributed by atoms with Crippen molar-refractivity contribution in [3.63, 3.8) is 0 Å². The van der Waals surface area contributed by atoms with Crippen LogP contribution in [0.4, 0.5) is 0 Å². The van der Waals surface area contributed by atoms with Gasteiger partial charge < -0.3 is 19.9 Å². The van der Waals surface area contributed by atoms with Crippen LogP contribution in [0, 0.1) is 11.8 Å². The Kier molecular flexibility index (Phi) is 8.22. The van der Waals surface area contributed by atoms with Crippen LogP contribution in [0.5, 0.6) is 0 Å². The molecule has 1 fully saturated rings. The summed E-state index contributed by atoms with van der Waals surface area (Å²) in [5.41, 5.74) is 0. The Hall–Kier alpha value is -0.650. The number of esters is 1. The monoisotopic (exact) mass is 301 g/mol. The van der Waals surface area contributed by atoms with Gasteiger partial charge in [-0.1, -0.05) is 33.6 Å². The lowest BCUT2D eigenvalue weighted by molar-refractivity contribution is -0.144. The van der Waals surface area contributed by atoms with Crippen molar-refractivity contribution >= 4 is 5.97 Å². The van der Waals surface area contributed by atoms with Gasteiger partial charge in [-0.15, -0.1) is 0 Å². The Morgan fingerprint density at radius 3 is 2.67 bits per heavy atom. The van der Waals surface area contributed by atoms with Crippen molar-refractivity contribution in [3.8, 4) is 0 Å². The summed E-state index contributed by atoms with van der Waals surface area (Å²) in [5.74, 6) is 0.535. The van der Waals surface area contributed by atoms with E-state index in [0.29, 0.717) is 19.1 Å². The molecule has 4 atom stereocenters. The summed E-state index contributed by atoms with van der Waals surface area (Å²) < 4.78 is 10.5. The van der Waals surface area contributed by atoms with E-state index in [-0.39, 0.29) is 24.0 Å². The quantitative estimate of drug-likeness (QED) is 0.668. The first-order valence-electron chi connectivity index (χ1n) is 8.04. The number of aliphatic hydroxyl groups excluding tert-OH is 1. The number of ether oxygens (including phenoxy) is 2. The lowest BCUT2D eigenvalue weighted by atomic mass is 9.89. The first-order valence-corrected chi connectivity index (χ1v) is 8.04. The van der Waals surface area contributed by atoms with Crippen LogP contribution in [-0.2, 0) is 14.3 Å². The second-order valence-corrected chi connectivity index (χ2v) is 6.53. The van der Waals surface area contributed by atoms with E-state index in [1.165, 1.54) is 20.0 Å². The maximum absolute atomic E-state index is 11.6. The predicted octanol–water partition coefficient (Wildman–Crippen LogP) is 1.73. The van der Waals surface area contributed by atoms with Gasteiger partial charge in [-0.3, -0.25) is 4.79 Å². The molecule has 1 rings (SSSR count). The van der Waals surface area contributed by atoms with Crippen LogP contribution in [0.25, 0.3) is 0 Å². The SMILES string of the molecule is COC(=O)C(NCC(O)COC1CCCC(C)C1)C(C)C. The molecule has 5 nitrogen and oxygen atoms in total. The summed E-state index contributed by atoms with van der Waals surface area (Å²) >= 11 is 0. The van der Waals surface area contributed by atoms with Gasteiger partial charge in [0, 0.05) is 6.54 Å². The summed E-state index contributed by atoms with van der Waals surface area (Å²) in [6.45, 7) is 6.79. The van der Waals surface area contributed by atoms with E-state index in [0.717, 1.165) is 12.8 Å². The van der Waals surface area contributed by atoms with Crippen LogP contribution in [0.15, 0.2) is 0 Å². The van der Waals surface area contributed by atoms with E-state index in [1.807, 2.05) is 13.8 Å². The van der Waals surface area contributed by atoms with Crippen LogP contribution in [0.2, 0.25) is 0 Å². The highest BCUT2D eigenvalue weighted by molar-refractivity contribution is 5.75. The van der Waals surface area contributed by atoms with Gasteiger partial charge in [-0.25, -0.2) is 0 Å². The second-order valence-electron chi connectivity index (χ2n) is 6.53. The fourth-order valence-electron chi connectivity index (χ4n) is 2.82. The molecular weight excluding hydrogens is 270 g/mol. The maximum atomic E-state index is 11.6. The molecule has 5 heteroatoms. The minimum atomic E-state index is -0.604. The van der Waals surface area contributed by atoms with Gasteiger partial charge in [0.15, 0.2) is 0 Å². The van der Waals surface area contributed by atoms with E-state index < -0.39 is 6.10 Å². The van der Waals surface area contributed by atoms with E-state index in [9.17, 15) is 9.90 Å². The normalized spacial score (nSPS) is 25.6.